The quantitative estimate of drug-likeness (QED) is 0.348. The molecule has 2 aromatic carbocycles. The average molecular weight is 484 g/mol. The fraction of sp³-hybridized carbons (Fsp3) is 0.310. The first-order valence-corrected chi connectivity index (χ1v) is 12.7. The minimum absolute atomic E-state index is 0.00419. The number of hydrogen-bond donors (Lipinski definition) is 1. The number of pyridine rings is 1. The minimum atomic E-state index is 0.00419. The summed E-state index contributed by atoms with van der Waals surface area (Å²) >= 11 is 5.88. The van der Waals surface area contributed by atoms with Crippen LogP contribution < -0.4 is 5.32 Å². The van der Waals surface area contributed by atoms with Gasteiger partial charge in [-0.1, -0.05) is 42.5 Å². The van der Waals surface area contributed by atoms with Crippen molar-refractivity contribution >= 4 is 28.1 Å². The molecular weight excluding hydrogens is 450 g/mol. The maximum absolute atomic E-state index is 5.88. The molecule has 1 saturated heterocycles. The summed E-state index contributed by atoms with van der Waals surface area (Å²) in [6.07, 6.45) is 2.91. The smallest absolute Gasteiger partial charge is 0.170 e. The summed E-state index contributed by atoms with van der Waals surface area (Å²) in [7, 11) is 4.24. The molecule has 0 bridgehead atoms. The molecule has 6 heteroatoms. The third kappa shape index (κ3) is 4.44. The first-order chi connectivity index (χ1) is 17.0. The zero-order chi connectivity index (χ0) is 24.5. The lowest BCUT2D eigenvalue weighted by molar-refractivity contribution is 0.292. The fourth-order valence-corrected chi connectivity index (χ4v) is 5.73. The standard InChI is InChI=1S/C29H33N5S/c1-20-19-24(21(2)34(20)26-15-9-12-22-11-5-6-13-23(22)26)28-27(25-14-7-8-16-30-25)31-29(35)33(28)18-10-17-32(3)4/h5-9,11-16,19,27-28H,10,17-18H2,1-4H3,(H,31,35)/t27-,28+/m1/s1. The Kier molecular flexibility index (Phi) is 6.58. The van der Waals surface area contributed by atoms with E-state index in [0.29, 0.717) is 0 Å². The van der Waals surface area contributed by atoms with Crippen LogP contribution >= 0.6 is 12.2 Å². The number of aromatic nitrogens is 2. The molecule has 4 aromatic rings. The van der Waals surface area contributed by atoms with E-state index >= 15 is 0 Å². The van der Waals surface area contributed by atoms with Gasteiger partial charge in [0.15, 0.2) is 5.11 Å². The Morgan fingerprint density at radius 1 is 1.00 bits per heavy atom. The second-order valence-corrected chi connectivity index (χ2v) is 10.0. The van der Waals surface area contributed by atoms with Crippen molar-refractivity contribution in [3.05, 3.63) is 95.6 Å². The molecule has 0 aliphatic carbocycles. The van der Waals surface area contributed by atoms with E-state index in [1.54, 1.807) is 0 Å². The van der Waals surface area contributed by atoms with Crippen LogP contribution in [-0.4, -0.2) is 51.6 Å². The van der Waals surface area contributed by atoms with Crippen LogP contribution in [0.5, 0.6) is 0 Å². The topological polar surface area (TPSA) is 36.3 Å². The zero-order valence-electron chi connectivity index (χ0n) is 20.9. The van der Waals surface area contributed by atoms with Crippen molar-refractivity contribution in [2.45, 2.75) is 32.4 Å². The monoisotopic (exact) mass is 483 g/mol. The molecule has 2 aromatic heterocycles. The molecular formula is C29H33N5S. The molecule has 1 aliphatic heterocycles. The summed E-state index contributed by atoms with van der Waals surface area (Å²) in [6.45, 7) is 6.36. The molecule has 0 amide bonds. The van der Waals surface area contributed by atoms with E-state index < -0.39 is 0 Å². The van der Waals surface area contributed by atoms with Crippen molar-refractivity contribution in [3.8, 4) is 5.69 Å². The van der Waals surface area contributed by atoms with Gasteiger partial charge in [0.2, 0.25) is 0 Å². The average Bonchev–Trinajstić information content (AvgIpc) is 3.34. The van der Waals surface area contributed by atoms with Crippen molar-refractivity contribution in [2.75, 3.05) is 27.2 Å². The molecule has 5 rings (SSSR count). The molecule has 2 atom stereocenters. The number of benzene rings is 2. The Morgan fingerprint density at radius 2 is 1.77 bits per heavy atom. The lowest BCUT2D eigenvalue weighted by atomic mass is 9.96. The number of nitrogens with one attached hydrogen (secondary N) is 1. The van der Waals surface area contributed by atoms with Gasteiger partial charge >= 0.3 is 0 Å². The van der Waals surface area contributed by atoms with Crippen LogP contribution in [0.4, 0.5) is 0 Å². The van der Waals surface area contributed by atoms with Crippen molar-refractivity contribution in [1.82, 2.24) is 24.7 Å². The van der Waals surface area contributed by atoms with Crippen molar-refractivity contribution < 1.29 is 0 Å². The molecule has 35 heavy (non-hydrogen) atoms. The van der Waals surface area contributed by atoms with Gasteiger partial charge in [-0.3, -0.25) is 4.98 Å². The summed E-state index contributed by atoms with van der Waals surface area (Å²) in [6, 6.07) is 23.7. The Balaban J connectivity index is 1.61. The van der Waals surface area contributed by atoms with Crippen LogP contribution in [0.2, 0.25) is 0 Å². The summed E-state index contributed by atoms with van der Waals surface area (Å²) in [5, 5.41) is 6.92. The molecule has 3 heterocycles. The first-order valence-electron chi connectivity index (χ1n) is 12.3. The maximum Gasteiger partial charge on any atom is 0.170 e. The minimum Gasteiger partial charge on any atom is -0.352 e. The van der Waals surface area contributed by atoms with Gasteiger partial charge in [0.1, 0.15) is 0 Å². The van der Waals surface area contributed by atoms with Gasteiger partial charge < -0.3 is 19.7 Å². The SMILES string of the molecule is Cc1cc([C@H]2[C@@H](c3ccccn3)NC(=S)N2CCCN(C)C)c(C)n1-c1cccc2ccccc12. The van der Waals surface area contributed by atoms with Gasteiger partial charge in [-0.25, -0.2) is 0 Å². The predicted molar refractivity (Wildman–Crippen MR) is 148 cm³/mol. The van der Waals surface area contributed by atoms with Gasteiger partial charge in [0.05, 0.1) is 23.5 Å². The summed E-state index contributed by atoms with van der Waals surface area (Å²) in [4.78, 5) is 9.30. The first kappa shape index (κ1) is 23.5. The molecule has 0 unspecified atom stereocenters. The van der Waals surface area contributed by atoms with E-state index in [1.807, 2.05) is 12.3 Å². The Labute approximate surface area is 213 Å². The molecule has 1 fully saturated rings. The van der Waals surface area contributed by atoms with E-state index in [1.165, 1.54) is 33.4 Å². The lowest BCUT2D eigenvalue weighted by Gasteiger charge is -2.28. The number of thiocarbonyl (C=S) groups is 1. The van der Waals surface area contributed by atoms with Crippen LogP contribution in [0.15, 0.2) is 72.9 Å². The molecule has 5 nitrogen and oxygen atoms in total. The fourth-order valence-electron chi connectivity index (χ4n) is 5.40. The predicted octanol–water partition coefficient (Wildman–Crippen LogP) is 5.57. The zero-order valence-corrected chi connectivity index (χ0v) is 21.7. The number of fused-ring (bicyclic) bond motifs is 1. The van der Waals surface area contributed by atoms with Crippen LogP contribution in [0.25, 0.3) is 16.5 Å². The summed E-state index contributed by atoms with van der Waals surface area (Å²) in [5.74, 6) is 0. The number of rotatable bonds is 7. The van der Waals surface area contributed by atoms with Gasteiger partial charge in [0.25, 0.3) is 0 Å². The van der Waals surface area contributed by atoms with Gasteiger partial charge in [-0.05, 0) is 88.3 Å². The highest BCUT2D eigenvalue weighted by Gasteiger charge is 2.41. The Hall–Kier alpha value is -3.22. The highest BCUT2D eigenvalue weighted by molar-refractivity contribution is 7.80. The summed E-state index contributed by atoms with van der Waals surface area (Å²) in [5.41, 5.74) is 5.99. The molecule has 0 radical (unpaired) electrons. The summed E-state index contributed by atoms with van der Waals surface area (Å²) < 4.78 is 2.40. The second kappa shape index (κ2) is 9.80. The molecule has 0 spiro atoms. The largest absolute Gasteiger partial charge is 0.352 e. The normalized spacial score (nSPS) is 18.0. The van der Waals surface area contributed by atoms with E-state index in [4.69, 9.17) is 17.2 Å². The maximum atomic E-state index is 5.88. The lowest BCUT2D eigenvalue weighted by Crippen LogP contribution is -2.32. The van der Waals surface area contributed by atoms with Gasteiger partial charge in [0, 0.05) is 29.5 Å². The van der Waals surface area contributed by atoms with E-state index in [2.05, 4.69) is 108 Å². The van der Waals surface area contributed by atoms with Gasteiger partial charge in [-0.2, -0.15) is 0 Å². The van der Waals surface area contributed by atoms with Crippen LogP contribution in [0, 0.1) is 13.8 Å². The molecule has 1 N–H and O–H groups in total. The highest BCUT2D eigenvalue weighted by Crippen LogP contribution is 2.41. The number of nitrogens with zero attached hydrogens (tertiary/aromatic N) is 4. The van der Waals surface area contributed by atoms with Crippen molar-refractivity contribution in [2.24, 2.45) is 0 Å². The van der Waals surface area contributed by atoms with Crippen molar-refractivity contribution in [3.63, 3.8) is 0 Å². The van der Waals surface area contributed by atoms with Crippen LogP contribution in [0.1, 0.15) is 41.1 Å². The number of hydrogen-bond acceptors (Lipinski definition) is 3. The molecule has 180 valence electrons. The van der Waals surface area contributed by atoms with Crippen molar-refractivity contribution in [1.29, 1.82) is 0 Å². The van der Waals surface area contributed by atoms with E-state index in [-0.39, 0.29) is 12.1 Å². The van der Waals surface area contributed by atoms with E-state index in [9.17, 15) is 0 Å². The Morgan fingerprint density at radius 3 is 2.54 bits per heavy atom. The third-order valence-electron chi connectivity index (χ3n) is 7.00. The molecule has 0 saturated carbocycles. The van der Waals surface area contributed by atoms with Gasteiger partial charge in [-0.15, -0.1) is 0 Å². The number of aryl methyl sites for hydroxylation is 1. The molecule has 1 aliphatic rings. The van der Waals surface area contributed by atoms with Crippen LogP contribution in [0.3, 0.4) is 0 Å². The Bertz CT molecular complexity index is 1340. The second-order valence-electron chi connectivity index (χ2n) is 9.64. The third-order valence-corrected chi connectivity index (χ3v) is 7.35. The highest BCUT2D eigenvalue weighted by atomic mass is 32.1. The van der Waals surface area contributed by atoms with Crippen LogP contribution in [-0.2, 0) is 0 Å². The van der Waals surface area contributed by atoms with E-state index in [0.717, 1.165) is 30.3 Å².